The van der Waals surface area contributed by atoms with Crippen molar-refractivity contribution < 1.29 is 27.8 Å². The molecule has 3 aromatic rings. The Balaban J connectivity index is 1.83. The number of hydrogen-bond acceptors (Lipinski definition) is 5. The maximum absolute atomic E-state index is 13.0. The number of nitrogens with zero attached hydrogens (tertiary/aromatic N) is 2. The van der Waals surface area contributed by atoms with Gasteiger partial charge in [-0.1, -0.05) is 41.4 Å². The number of anilines is 1. The molecule has 1 unspecified atom stereocenters. The van der Waals surface area contributed by atoms with Crippen LogP contribution < -0.4 is 19.7 Å². The summed E-state index contributed by atoms with van der Waals surface area (Å²) in [6.45, 7) is 1.94. The number of hydrogen-bond donors (Lipinski definition) is 2. The first-order valence-corrected chi connectivity index (χ1v) is 12.3. The van der Waals surface area contributed by atoms with Crippen molar-refractivity contribution in [2.75, 3.05) is 19.1 Å². The SMILES string of the molecule is COc1ccc(C2(C)C(=NCc3ccc(C(F)(F)F)cc3)NC(=S)N2c2cc(Cl)c(O)c(Cl)c2)cc1OC. The van der Waals surface area contributed by atoms with E-state index < -0.39 is 17.3 Å². The number of rotatable bonds is 6. The molecule has 1 heterocycles. The van der Waals surface area contributed by atoms with Gasteiger partial charge < -0.3 is 24.8 Å². The summed E-state index contributed by atoms with van der Waals surface area (Å²) in [6.07, 6.45) is -4.43. The minimum atomic E-state index is -4.43. The Labute approximate surface area is 232 Å². The molecule has 1 saturated heterocycles. The van der Waals surface area contributed by atoms with Crippen LogP contribution in [-0.2, 0) is 18.3 Å². The van der Waals surface area contributed by atoms with Crippen molar-refractivity contribution in [1.29, 1.82) is 0 Å². The lowest BCUT2D eigenvalue weighted by Gasteiger charge is -2.36. The van der Waals surface area contributed by atoms with E-state index in [1.165, 1.54) is 38.5 Å². The Kier molecular flexibility index (Phi) is 7.69. The molecule has 6 nitrogen and oxygen atoms in total. The predicted octanol–water partition coefficient (Wildman–Crippen LogP) is 6.94. The first-order chi connectivity index (χ1) is 17.9. The molecule has 12 heteroatoms. The second kappa shape index (κ2) is 10.5. The number of methoxy groups -OCH3 is 2. The second-order valence-electron chi connectivity index (χ2n) is 8.53. The van der Waals surface area contributed by atoms with Crippen LogP contribution >= 0.6 is 35.4 Å². The Bertz CT molecular complexity index is 1390. The average molecular weight is 584 g/mol. The van der Waals surface area contributed by atoms with Crippen LogP contribution in [0.3, 0.4) is 0 Å². The number of ether oxygens (including phenoxy) is 2. The molecule has 0 saturated carbocycles. The number of phenols is 1. The van der Waals surface area contributed by atoms with Crippen LogP contribution in [-0.4, -0.2) is 30.3 Å². The summed E-state index contributed by atoms with van der Waals surface area (Å²) < 4.78 is 49.8. The van der Waals surface area contributed by atoms with E-state index in [1.54, 1.807) is 17.0 Å². The maximum atomic E-state index is 13.0. The van der Waals surface area contributed by atoms with E-state index in [1.807, 2.05) is 13.0 Å². The van der Waals surface area contributed by atoms with Gasteiger partial charge in [0.15, 0.2) is 22.4 Å². The zero-order valence-electron chi connectivity index (χ0n) is 20.4. The van der Waals surface area contributed by atoms with Gasteiger partial charge in [0, 0.05) is 5.69 Å². The smallest absolute Gasteiger partial charge is 0.416 e. The van der Waals surface area contributed by atoms with Crippen molar-refractivity contribution in [2.24, 2.45) is 4.99 Å². The molecule has 3 aromatic carbocycles. The summed E-state index contributed by atoms with van der Waals surface area (Å²) in [7, 11) is 3.04. The Morgan fingerprint density at radius 2 is 1.61 bits per heavy atom. The molecule has 1 aliphatic rings. The highest BCUT2D eigenvalue weighted by Crippen LogP contribution is 2.44. The van der Waals surface area contributed by atoms with Crippen LogP contribution in [0.4, 0.5) is 18.9 Å². The van der Waals surface area contributed by atoms with E-state index in [9.17, 15) is 18.3 Å². The highest BCUT2D eigenvalue weighted by molar-refractivity contribution is 7.80. The third-order valence-corrected chi connectivity index (χ3v) is 7.10. The molecule has 1 aliphatic heterocycles. The fraction of sp³-hybridized carbons (Fsp3) is 0.231. The van der Waals surface area contributed by atoms with Crippen molar-refractivity contribution in [3.8, 4) is 17.2 Å². The third-order valence-electron chi connectivity index (χ3n) is 6.24. The quantitative estimate of drug-likeness (QED) is 0.306. The van der Waals surface area contributed by atoms with Crippen LogP contribution in [0, 0.1) is 0 Å². The lowest BCUT2D eigenvalue weighted by molar-refractivity contribution is -0.137. The van der Waals surface area contributed by atoms with Gasteiger partial charge in [-0.05, 0) is 66.7 Å². The molecule has 0 aliphatic carbocycles. The van der Waals surface area contributed by atoms with Crippen molar-refractivity contribution in [3.63, 3.8) is 0 Å². The number of aromatic hydroxyl groups is 1. The number of thiocarbonyl (C=S) groups is 1. The van der Waals surface area contributed by atoms with Gasteiger partial charge in [-0.25, -0.2) is 0 Å². The second-order valence-corrected chi connectivity index (χ2v) is 9.73. The van der Waals surface area contributed by atoms with E-state index in [0.717, 1.165) is 12.1 Å². The van der Waals surface area contributed by atoms with Gasteiger partial charge in [0.2, 0.25) is 0 Å². The summed E-state index contributed by atoms with van der Waals surface area (Å²) >= 11 is 18.1. The molecule has 2 N–H and O–H groups in total. The number of halogens is 5. The van der Waals surface area contributed by atoms with Gasteiger partial charge in [0.1, 0.15) is 11.4 Å². The number of alkyl halides is 3. The van der Waals surface area contributed by atoms with E-state index in [-0.39, 0.29) is 27.5 Å². The van der Waals surface area contributed by atoms with Crippen LogP contribution in [0.25, 0.3) is 0 Å². The number of nitrogens with one attached hydrogen (secondary N) is 1. The topological polar surface area (TPSA) is 66.3 Å². The van der Waals surface area contributed by atoms with E-state index in [0.29, 0.717) is 34.1 Å². The Morgan fingerprint density at radius 3 is 2.16 bits per heavy atom. The summed E-state index contributed by atoms with van der Waals surface area (Å²) in [5.41, 5.74) is -0.0496. The fourth-order valence-electron chi connectivity index (χ4n) is 4.21. The van der Waals surface area contributed by atoms with Crippen LogP contribution in [0.5, 0.6) is 17.2 Å². The first-order valence-electron chi connectivity index (χ1n) is 11.1. The summed E-state index contributed by atoms with van der Waals surface area (Å²) in [4.78, 5) is 6.45. The minimum Gasteiger partial charge on any atom is -0.505 e. The number of phenolic OH excluding ortho intramolecular Hbond substituents is 1. The summed E-state index contributed by atoms with van der Waals surface area (Å²) in [5, 5.41) is 13.5. The Hall–Kier alpha value is -3.21. The zero-order valence-corrected chi connectivity index (χ0v) is 22.7. The average Bonchev–Trinajstić information content (AvgIpc) is 3.14. The molecule has 0 spiro atoms. The molecule has 0 amide bonds. The molecule has 38 heavy (non-hydrogen) atoms. The third kappa shape index (κ3) is 5.08. The van der Waals surface area contributed by atoms with Gasteiger partial charge in [0.05, 0.1) is 36.4 Å². The molecule has 200 valence electrons. The van der Waals surface area contributed by atoms with Crippen molar-refractivity contribution in [3.05, 3.63) is 81.3 Å². The molecule has 1 atom stereocenters. The highest BCUT2D eigenvalue weighted by atomic mass is 35.5. The van der Waals surface area contributed by atoms with Gasteiger partial charge >= 0.3 is 6.18 Å². The number of aliphatic imine (C=N–C) groups is 1. The monoisotopic (exact) mass is 583 g/mol. The fourth-order valence-corrected chi connectivity index (χ4v) is 5.07. The number of benzene rings is 3. The molecular formula is C26H22Cl2F3N3O3S. The first kappa shape index (κ1) is 27.8. The lowest BCUT2D eigenvalue weighted by Crippen LogP contribution is -2.44. The molecule has 0 aromatic heterocycles. The van der Waals surface area contributed by atoms with E-state index in [2.05, 4.69) is 5.32 Å². The van der Waals surface area contributed by atoms with Gasteiger partial charge in [-0.2, -0.15) is 13.2 Å². The normalized spacial score (nSPS) is 18.6. The molecule has 4 rings (SSSR count). The van der Waals surface area contributed by atoms with Crippen LogP contribution in [0.15, 0.2) is 59.6 Å². The molecule has 0 bridgehead atoms. The van der Waals surface area contributed by atoms with Crippen LogP contribution in [0.2, 0.25) is 10.0 Å². The highest BCUT2D eigenvalue weighted by Gasteiger charge is 2.48. The lowest BCUT2D eigenvalue weighted by atomic mass is 9.89. The van der Waals surface area contributed by atoms with Gasteiger partial charge in [0.25, 0.3) is 0 Å². The molecule has 0 radical (unpaired) electrons. The van der Waals surface area contributed by atoms with E-state index in [4.69, 9.17) is 49.9 Å². The minimum absolute atomic E-state index is 0.0279. The largest absolute Gasteiger partial charge is 0.505 e. The molecular weight excluding hydrogens is 562 g/mol. The van der Waals surface area contributed by atoms with E-state index >= 15 is 0 Å². The van der Waals surface area contributed by atoms with Crippen molar-refractivity contribution in [1.82, 2.24) is 5.32 Å². The van der Waals surface area contributed by atoms with Crippen molar-refractivity contribution in [2.45, 2.75) is 25.2 Å². The zero-order chi connectivity index (χ0) is 27.8. The standard InChI is InChI=1S/C26H22Cl2F3N3O3S/c1-25(16-8-9-20(36-2)21(10-16)37-3)23(32-13-14-4-6-15(7-5-14)26(29,30)31)33-24(38)34(25)17-11-18(27)22(35)19(28)12-17/h4-12,35H,13H2,1-3H3,(H,32,33,38). The van der Waals surface area contributed by atoms with Crippen LogP contribution in [0.1, 0.15) is 23.6 Å². The Morgan fingerprint density at radius 1 is 1.00 bits per heavy atom. The summed E-state index contributed by atoms with van der Waals surface area (Å²) in [6, 6.07) is 13.2. The maximum Gasteiger partial charge on any atom is 0.416 e. The number of amidine groups is 1. The molecule has 1 fully saturated rings. The van der Waals surface area contributed by atoms with Gasteiger partial charge in [-0.15, -0.1) is 0 Å². The van der Waals surface area contributed by atoms with Gasteiger partial charge in [-0.3, -0.25) is 4.99 Å². The predicted molar refractivity (Wildman–Crippen MR) is 146 cm³/mol. The summed E-state index contributed by atoms with van der Waals surface area (Å²) in [5.74, 6) is 1.14. The van der Waals surface area contributed by atoms with Crippen molar-refractivity contribution >= 4 is 52.1 Å².